The molecule has 0 aromatic heterocycles. The number of aryl methyl sites for hydroxylation is 1. The summed E-state index contributed by atoms with van der Waals surface area (Å²) in [6, 6.07) is 22.9. The van der Waals surface area contributed by atoms with E-state index in [1.54, 1.807) is 6.08 Å². The van der Waals surface area contributed by atoms with Crippen LogP contribution in [0.15, 0.2) is 89.6 Å². The summed E-state index contributed by atoms with van der Waals surface area (Å²) >= 11 is 1.17. The minimum atomic E-state index is -0.396. The van der Waals surface area contributed by atoms with Crippen LogP contribution in [0.1, 0.15) is 16.7 Å². The molecule has 0 unspecified atom stereocenters. The number of hydrogen-bond donors (Lipinski definition) is 1. The number of benzene rings is 3. The number of rotatable bonds is 6. The van der Waals surface area contributed by atoms with E-state index >= 15 is 0 Å². The second-order valence-electron chi connectivity index (χ2n) is 7.44. The standard InChI is InChI=1S/C26H22FN3O2S/c1-18-7-5-6-10-20(18)16-28-24(31)17-33-26-29-23(15-19-8-3-2-4-9-19)25(32)30(26)22-13-11-21(27)12-14-22/h2-15H,16-17H2,1H3,(H,28,31)/b23-15-. The van der Waals surface area contributed by atoms with Gasteiger partial charge in [-0.3, -0.25) is 14.5 Å². The molecular formula is C26H22FN3O2S. The molecule has 1 heterocycles. The number of amides is 2. The molecule has 1 aliphatic rings. The number of nitrogens with zero attached hydrogens (tertiary/aromatic N) is 2. The van der Waals surface area contributed by atoms with Crippen LogP contribution in [0.4, 0.5) is 10.1 Å². The average Bonchev–Trinajstić information content (AvgIpc) is 3.13. The molecule has 0 spiro atoms. The first-order valence-electron chi connectivity index (χ1n) is 10.4. The third-order valence-corrected chi connectivity index (χ3v) is 6.03. The Kier molecular flexibility index (Phi) is 7.00. The fraction of sp³-hybridized carbons (Fsp3) is 0.115. The minimum Gasteiger partial charge on any atom is -0.351 e. The minimum absolute atomic E-state index is 0.0916. The molecule has 7 heteroatoms. The molecule has 3 aromatic rings. The Labute approximate surface area is 196 Å². The zero-order valence-electron chi connectivity index (χ0n) is 18.0. The van der Waals surface area contributed by atoms with Crippen LogP contribution in [0.3, 0.4) is 0 Å². The lowest BCUT2D eigenvalue weighted by Gasteiger charge is -2.17. The first-order valence-corrected chi connectivity index (χ1v) is 11.4. The van der Waals surface area contributed by atoms with Crippen molar-refractivity contribution in [2.75, 3.05) is 10.7 Å². The van der Waals surface area contributed by atoms with Gasteiger partial charge in [0.15, 0.2) is 5.17 Å². The maximum Gasteiger partial charge on any atom is 0.283 e. The van der Waals surface area contributed by atoms with E-state index in [1.807, 2.05) is 61.5 Å². The molecule has 2 amide bonds. The van der Waals surface area contributed by atoms with Crippen molar-refractivity contribution in [2.24, 2.45) is 4.99 Å². The molecule has 1 aliphatic heterocycles. The number of amidine groups is 1. The van der Waals surface area contributed by atoms with E-state index in [0.29, 0.717) is 17.4 Å². The van der Waals surface area contributed by atoms with E-state index in [1.165, 1.54) is 40.9 Å². The Morgan fingerprint density at radius 3 is 2.45 bits per heavy atom. The van der Waals surface area contributed by atoms with Crippen molar-refractivity contribution >= 4 is 40.5 Å². The van der Waals surface area contributed by atoms with Gasteiger partial charge in [-0.1, -0.05) is 66.4 Å². The van der Waals surface area contributed by atoms with Gasteiger partial charge in [-0.25, -0.2) is 9.38 Å². The summed E-state index contributed by atoms with van der Waals surface area (Å²) in [5, 5.41) is 3.28. The van der Waals surface area contributed by atoms with Gasteiger partial charge in [0, 0.05) is 6.54 Å². The zero-order chi connectivity index (χ0) is 23.2. The summed E-state index contributed by atoms with van der Waals surface area (Å²) < 4.78 is 13.4. The summed E-state index contributed by atoms with van der Waals surface area (Å²) in [5.74, 6) is -0.799. The van der Waals surface area contributed by atoms with E-state index in [9.17, 15) is 14.0 Å². The molecule has 0 bridgehead atoms. The highest BCUT2D eigenvalue weighted by Gasteiger charge is 2.32. The number of anilines is 1. The lowest BCUT2D eigenvalue weighted by atomic mass is 10.1. The largest absolute Gasteiger partial charge is 0.351 e. The quantitative estimate of drug-likeness (QED) is 0.532. The molecule has 33 heavy (non-hydrogen) atoms. The van der Waals surface area contributed by atoms with Crippen molar-refractivity contribution in [3.05, 3.63) is 107 Å². The first-order chi connectivity index (χ1) is 16.0. The zero-order valence-corrected chi connectivity index (χ0v) is 18.8. The van der Waals surface area contributed by atoms with E-state index in [2.05, 4.69) is 10.3 Å². The van der Waals surface area contributed by atoms with Gasteiger partial charge in [0.25, 0.3) is 5.91 Å². The van der Waals surface area contributed by atoms with Gasteiger partial charge in [0.2, 0.25) is 5.91 Å². The molecule has 5 nitrogen and oxygen atoms in total. The second-order valence-corrected chi connectivity index (χ2v) is 8.39. The van der Waals surface area contributed by atoms with Crippen molar-refractivity contribution in [1.29, 1.82) is 0 Å². The van der Waals surface area contributed by atoms with Crippen molar-refractivity contribution < 1.29 is 14.0 Å². The molecule has 0 aliphatic carbocycles. The van der Waals surface area contributed by atoms with Crippen LogP contribution in [0, 0.1) is 12.7 Å². The predicted molar refractivity (Wildman–Crippen MR) is 131 cm³/mol. The van der Waals surface area contributed by atoms with Crippen LogP contribution in [0.25, 0.3) is 6.08 Å². The molecule has 166 valence electrons. The Balaban J connectivity index is 1.50. The van der Waals surface area contributed by atoms with Gasteiger partial charge >= 0.3 is 0 Å². The number of thioether (sulfide) groups is 1. The topological polar surface area (TPSA) is 61.8 Å². The molecule has 0 atom stereocenters. The van der Waals surface area contributed by atoms with Crippen LogP contribution in [-0.2, 0) is 16.1 Å². The summed E-state index contributed by atoms with van der Waals surface area (Å²) in [5.41, 5.74) is 3.74. The maximum absolute atomic E-state index is 13.4. The van der Waals surface area contributed by atoms with Crippen molar-refractivity contribution in [3.63, 3.8) is 0 Å². The maximum atomic E-state index is 13.4. The van der Waals surface area contributed by atoms with Crippen molar-refractivity contribution in [1.82, 2.24) is 5.32 Å². The number of hydrogen-bond acceptors (Lipinski definition) is 4. The van der Waals surface area contributed by atoms with Crippen LogP contribution in [-0.4, -0.2) is 22.7 Å². The van der Waals surface area contributed by atoms with Crippen LogP contribution in [0.2, 0.25) is 0 Å². The van der Waals surface area contributed by atoms with Gasteiger partial charge in [-0.2, -0.15) is 0 Å². The number of aliphatic imine (C=N–C) groups is 1. The number of carbonyl (C=O) groups is 2. The molecule has 0 saturated heterocycles. The van der Waals surface area contributed by atoms with E-state index in [-0.39, 0.29) is 23.3 Å². The Morgan fingerprint density at radius 1 is 1.03 bits per heavy atom. The molecule has 0 radical (unpaired) electrons. The number of nitrogens with one attached hydrogen (secondary N) is 1. The SMILES string of the molecule is Cc1ccccc1CNC(=O)CSC1=N/C(=C\c2ccccc2)C(=O)N1c1ccc(F)cc1. The number of halogens is 1. The van der Waals surface area contributed by atoms with Gasteiger partial charge in [0.05, 0.1) is 11.4 Å². The molecular weight excluding hydrogens is 437 g/mol. The summed E-state index contributed by atoms with van der Waals surface area (Å²) in [7, 11) is 0. The fourth-order valence-corrected chi connectivity index (χ4v) is 4.14. The molecule has 0 fully saturated rings. The average molecular weight is 460 g/mol. The lowest BCUT2D eigenvalue weighted by Crippen LogP contribution is -2.32. The first kappa shape index (κ1) is 22.5. The van der Waals surface area contributed by atoms with Gasteiger partial charge < -0.3 is 5.32 Å². The summed E-state index contributed by atoms with van der Waals surface area (Å²) in [6.07, 6.45) is 1.70. The van der Waals surface area contributed by atoms with E-state index in [0.717, 1.165) is 16.7 Å². The Bertz CT molecular complexity index is 1220. The summed E-state index contributed by atoms with van der Waals surface area (Å²) in [6.45, 7) is 2.43. The monoisotopic (exact) mass is 459 g/mol. The van der Waals surface area contributed by atoms with Crippen LogP contribution in [0.5, 0.6) is 0 Å². The van der Waals surface area contributed by atoms with E-state index < -0.39 is 5.82 Å². The Morgan fingerprint density at radius 2 is 1.73 bits per heavy atom. The molecule has 4 rings (SSSR count). The van der Waals surface area contributed by atoms with Crippen LogP contribution < -0.4 is 10.2 Å². The van der Waals surface area contributed by atoms with Gasteiger partial charge in [0.1, 0.15) is 11.5 Å². The highest BCUT2D eigenvalue weighted by Crippen LogP contribution is 2.29. The molecule has 0 saturated carbocycles. The van der Waals surface area contributed by atoms with Crippen molar-refractivity contribution in [3.8, 4) is 0 Å². The Hall–Kier alpha value is -3.71. The normalized spacial score (nSPS) is 14.5. The van der Waals surface area contributed by atoms with Gasteiger partial charge in [-0.05, 0) is 54.0 Å². The van der Waals surface area contributed by atoms with Gasteiger partial charge in [-0.15, -0.1) is 0 Å². The second kappa shape index (κ2) is 10.3. The number of carbonyl (C=O) groups excluding carboxylic acids is 2. The smallest absolute Gasteiger partial charge is 0.283 e. The van der Waals surface area contributed by atoms with E-state index in [4.69, 9.17) is 0 Å². The third-order valence-electron chi connectivity index (χ3n) is 5.09. The third kappa shape index (κ3) is 5.56. The van der Waals surface area contributed by atoms with Crippen molar-refractivity contribution in [2.45, 2.75) is 13.5 Å². The molecule has 3 aromatic carbocycles. The highest BCUT2D eigenvalue weighted by molar-refractivity contribution is 8.14. The fourth-order valence-electron chi connectivity index (χ4n) is 3.30. The van der Waals surface area contributed by atoms with Crippen LogP contribution >= 0.6 is 11.8 Å². The predicted octanol–water partition coefficient (Wildman–Crippen LogP) is 4.93. The lowest BCUT2D eigenvalue weighted by molar-refractivity contribution is -0.118. The summed E-state index contributed by atoms with van der Waals surface area (Å²) in [4.78, 5) is 31.5. The highest BCUT2D eigenvalue weighted by atomic mass is 32.2. The molecule has 1 N–H and O–H groups in total.